The van der Waals surface area contributed by atoms with Crippen LogP contribution in [0, 0.1) is 0 Å². The van der Waals surface area contributed by atoms with E-state index < -0.39 is 0 Å². The number of anilines is 3. The van der Waals surface area contributed by atoms with Gasteiger partial charge in [0.25, 0.3) is 5.95 Å². The van der Waals surface area contributed by atoms with Gasteiger partial charge in [-0.2, -0.15) is 20.1 Å². The molecule has 0 radical (unpaired) electrons. The summed E-state index contributed by atoms with van der Waals surface area (Å²) in [6.07, 6.45) is 1.74. The first-order valence-electron chi connectivity index (χ1n) is 10.3. The lowest BCUT2D eigenvalue weighted by molar-refractivity contribution is 0.121. The summed E-state index contributed by atoms with van der Waals surface area (Å²) in [5, 5.41) is 6.19. The Morgan fingerprint density at radius 3 is 2.13 bits per heavy atom. The fourth-order valence-corrected chi connectivity index (χ4v) is 3.50. The maximum absolute atomic E-state index is 5.47. The van der Waals surface area contributed by atoms with Gasteiger partial charge in [0.05, 0.1) is 32.6 Å². The Bertz CT molecular complexity index is 909. The molecule has 0 saturated carbocycles. The molecule has 0 unspecified atom stereocenters. The highest BCUT2D eigenvalue weighted by atomic mass is 16.7. The number of nitrogens with zero attached hydrogens (tertiary/aromatic N) is 7. The van der Waals surface area contributed by atoms with E-state index in [1.54, 1.807) is 11.2 Å². The molecule has 0 aliphatic carbocycles. The molecule has 2 saturated heterocycles. The number of benzene rings is 1. The van der Waals surface area contributed by atoms with Crippen LogP contribution in [0.4, 0.5) is 17.8 Å². The van der Waals surface area contributed by atoms with Crippen LogP contribution in [0.1, 0.15) is 5.56 Å². The molecule has 31 heavy (non-hydrogen) atoms. The average Bonchev–Trinajstić information content (AvgIpc) is 3.31. The first-order chi connectivity index (χ1) is 15.3. The molecular formula is C20H25N7O4. The van der Waals surface area contributed by atoms with Crippen LogP contribution in [-0.4, -0.2) is 87.6 Å². The lowest BCUT2D eigenvalue weighted by atomic mass is 10.2. The SMILES string of the molecule is CN(/N=C\c1ccc2c(c1)OCO2)c1nc(N2CCOCC2)nc(N2CCOCC2)n1. The first-order valence-corrected chi connectivity index (χ1v) is 10.3. The zero-order valence-electron chi connectivity index (χ0n) is 17.4. The number of aromatic nitrogens is 3. The fourth-order valence-electron chi connectivity index (χ4n) is 3.50. The van der Waals surface area contributed by atoms with Crippen molar-refractivity contribution in [2.24, 2.45) is 5.10 Å². The van der Waals surface area contributed by atoms with Crippen LogP contribution >= 0.6 is 0 Å². The molecule has 3 aliphatic rings. The van der Waals surface area contributed by atoms with Gasteiger partial charge in [-0.15, -0.1) is 0 Å². The Labute approximate surface area is 180 Å². The summed E-state index contributed by atoms with van der Waals surface area (Å²) in [5.41, 5.74) is 0.895. The second kappa shape index (κ2) is 8.90. The Balaban J connectivity index is 1.40. The number of fused-ring (bicyclic) bond motifs is 1. The molecule has 5 rings (SSSR count). The van der Waals surface area contributed by atoms with Crippen LogP contribution in [0.2, 0.25) is 0 Å². The van der Waals surface area contributed by atoms with Gasteiger partial charge in [-0.3, -0.25) is 0 Å². The minimum atomic E-state index is 0.245. The van der Waals surface area contributed by atoms with Crippen LogP contribution in [0.15, 0.2) is 23.3 Å². The normalized spacial score (nSPS) is 18.6. The Hall–Kier alpha value is -3.18. The molecule has 3 aliphatic heterocycles. The lowest BCUT2D eigenvalue weighted by Gasteiger charge is -2.30. The zero-order valence-corrected chi connectivity index (χ0v) is 17.4. The fraction of sp³-hybridized carbons (Fsp3) is 0.500. The van der Waals surface area contributed by atoms with Crippen LogP contribution in [-0.2, 0) is 9.47 Å². The van der Waals surface area contributed by atoms with Crippen molar-refractivity contribution in [3.63, 3.8) is 0 Å². The van der Waals surface area contributed by atoms with Crippen molar-refractivity contribution in [1.82, 2.24) is 15.0 Å². The molecule has 0 N–H and O–H groups in total. The highest BCUT2D eigenvalue weighted by Crippen LogP contribution is 2.32. The molecule has 1 aromatic carbocycles. The Kier molecular flexibility index (Phi) is 5.67. The van der Waals surface area contributed by atoms with Gasteiger partial charge < -0.3 is 28.7 Å². The molecule has 11 nitrogen and oxygen atoms in total. The predicted octanol–water partition coefficient (Wildman–Crippen LogP) is 0.744. The molecule has 0 atom stereocenters. The van der Waals surface area contributed by atoms with Crippen LogP contribution in [0.25, 0.3) is 0 Å². The van der Waals surface area contributed by atoms with Gasteiger partial charge in [0.15, 0.2) is 11.5 Å². The van der Waals surface area contributed by atoms with Crippen molar-refractivity contribution in [1.29, 1.82) is 0 Å². The number of hydrogen-bond donors (Lipinski definition) is 0. The molecule has 0 bridgehead atoms. The summed E-state index contributed by atoms with van der Waals surface area (Å²) in [6.45, 7) is 5.87. The summed E-state index contributed by atoms with van der Waals surface area (Å²) in [7, 11) is 1.82. The van der Waals surface area contributed by atoms with Crippen molar-refractivity contribution >= 4 is 24.1 Å². The van der Waals surface area contributed by atoms with E-state index in [-0.39, 0.29) is 6.79 Å². The molecule has 2 aromatic rings. The van der Waals surface area contributed by atoms with Crippen LogP contribution in [0.5, 0.6) is 11.5 Å². The second-order valence-corrected chi connectivity index (χ2v) is 7.32. The maximum atomic E-state index is 5.47. The molecule has 0 spiro atoms. The summed E-state index contributed by atoms with van der Waals surface area (Å²) >= 11 is 0. The standard InChI is InChI=1S/C20H25N7O4/c1-25(21-13-15-2-3-16-17(12-15)31-14-30-16)18-22-19(26-4-8-28-9-5-26)24-20(23-18)27-6-10-29-11-7-27/h2-3,12-13H,4-11,14H2,1H3/b21-13-. The largest absolute Gasteiger partial charge is 0.454 e. The minimum Gasteiger partial charge on any atom is -0.454 e. The molecule has 1 aromatic heterocycles. The monoisotopic (exact) mass is 427 g/mol. The summed E-state index contributed by atoms with van der Waals surface area (Å²) in [6, 6.07) is 5.70. The number of ether oxygens (including phenoxy) is 4. The van der Waals surface area contributed by atoms with Crippen LogP contribution < -0.4 is 24.3 Å². The van der Waals surface area contributed by atoms with E-state index in [2.05, 4.69) is 24.9 Å². The van der Waals surface area contributed by atoms with Crippen molar-refractivity contribution < 1.29 is 18.9 Å². The predicted molar refractivity (Wildman–Crippen MR) is 114 cm³/mol. The number of morpholine rings is 2. The van der Waals surface area contributed by atoms with Crippen molar-refractivity contribution in [3.8, 4) is 11.5 Å². The van der Waals surface area contributed by atoms with Gasteiger partial charge >= 0.3 is 0 Å². The van der Waals surface area contributed by atoms with E-state index in [4.69, 9.17) is 23.9 Å². The lowest BCUT2D eigenvalue weighted by Crippen LogP contribution is -2.40. The molecule has 4 heterocycles. The number of rotatable bonds is 5. The van der Waals surface area contributed by atoms with Gasteiger partial charge in [-0.1, -0.05) is 0 Å². The summed E-state index contributed by atoms with van der Waals surface area (Å²) in [5.74, 6) is 3.22. The van der Waals surface area contributed by atoms with Gasteiger partial charge in [-0.25, -0.2) is 5.01 Å². The van der Waals surface area contributed by atoms with Crippen LogP contribution in [0.3, 0.4) is 0 Å². The topological polar surface area (TPSA) is 97.7 Å². The molecule has 2 fully saturated rings. The summed E-state index contributed by atoms with van der Waals surface area (Å²) < 4.78 is 21.7. The molecule has 11 heteroatoms. The summed E-state index contributed by atoms with van der Waals surface area (Å²) in [4.78, 5) is 18.3. The van der Waals surface area contributed by atoms with Gasteiger partial charge in [0.1, 0.15) is 0 Å². The maximum Gasteiger partial charge on any atom is 0.252 e. The van der Waals surface area contributed by atoms with Crippen molar-refractivity contribution in [2.45, 2.75) is 0 Å². The van der Waals surface area contributed by atoms with E-state index >= 15 is 0 Å². The van der Waals surface area contributed by atoms with Gasteiger partial charge in [0, 0.05) is 33.2 Å². The third-order valence-corrected chi connectivity index (χ3v) is 5.25. The van der Waals surface area contributed by atoms with Gasteiger partial charge in [0.2, 0.25) is 18.7 Å². The average molecular weight is 427 g/mol. The van der Waals surface area contributed by atoms with E-state index in [1.165, 1.54) is 0 Å². The van der Waals surface area contributed by atoms with E-state index in [0.717, 1.165) is 43.2 Å². The highest BCUT2D eigenvalue weighted by molar-refractivity contribution is 5.81. The molecule has 164 valence electrons. The minimum absolute atomic E-state index is 0.245. The quantitative estimate of drug-likeness (QED) is 0.502. The highest BCUT2D eigenvalue weighted by Gasteiger charge is 2.22. The number of hydrazone groups is 1. The zero-order chi connectivity index (χ0) is 21.0. The third kappa shape index (κ3) is 4.47. The molecule has 0 amide bonds. The van der Waals surface area contributed by atoms with E-state index in [9.17, 15) is 0 Å². The first kappa shape index (κ1) is 19.8. The van der Waals surface area contributed by atoms with E-state index in [0.29, 0.717) is 44.3 Å². The Morgan fingerprint density at radius 2 is 1.48 bits per heavy atom. The van der Waals surface area contributed by atoms with E-state index in [1.807, 2.05) is 25.2 Å². The molecular weight excluding hydrogens is 402 g/mol. The third-order valence-electron chi connectivity index (χ3n) is 5.25. The smallest absolute Gasteiger partial charge is 0.252 e. The van der Waals surface area contributed by atoms with Crippen molar-refractivity contribution in [3.05, 3.63) is 23.8 Å². The van der Waals surface area contributed by atoms with Crippen molar-refractivity contribution in [2.75, 3.05) is 81.3 Å². The second-order valence-electron chi connectivity index (χ2n) is 7.32. The van der Waals surface area contributed by atoms with Gasteiger partial charge in [-0.05, 0) is 23.8 Å². The Morgan fingerprint density at radius 1 is 0.871 bits per heavy atom. The number of hydrogen-bond acceptors (Lipinski definition) is 11.